The molecule has 1 atom stereocenters. The van der Waals surface area contributed by atoms with E-state index in [1.54, 1.807) is 17.9 Å². The number of nitrogens with one attached hydrogen (secondary N) is 1. The van der Waals surface area contributed by atoms with Crippen molar-refractivity contribution in [2.24, 2.45) is 12.8 Å². The van der Waals surface area contributed by atoms with Crippen molar-refractivity contribution in [3.8, 4) is 11.3 Å². The summed E-state index contributed by atoms with van der Waals surface area (Å²) in [5.74, 6) is -2.44. The number of nitrogens with two attached hydrogens (primary N) is 1. The zero-order valence-electron chi connectivity index (χ0n) is 17.5. The van der Waals surface area contributed by atoms with Gasteiger partial charge in [-0.3, -0.25) is 19.1 Å². The second-order valence-electron chi connectivity index (χ2n) is 7.54. The summed E-state index contributed by atoms with van der Waals surface area (Å²) >= 11 is 0. The first-order chi connectivity index (χ1) is 15.4. The molecular formula is C25H22N4O3. The second kappa shape index (κ2) is 8.85. The second-order valence-corrected chi connectivity index (χ2v) is 7.54. The Kier molecular flexibility index (Phi) is 5.81. The normalized spacial score (nSPS) is 11.8. The molecule has 7 nitrogen and oxygen atoms in total. The molecule has 0 aliphatic carbocycles. The van der Waals surface area contributed by atoms with E-state index >= 15 is 0 Å². The van der Waals surface area contributed by atoms with Crippen LogP contribution in [0, 0.1) is 0 Å². The number of hydrogen-bond donors (Lipinski definition) is 2. The summed E-state index contributed by atoms with van der Waals surface area (Å²) in [5, 5.41) is 9.17. The Labute approximate surface area is 184 Å². The summed E-state index contributed by atoms with van der Waals surface area (Å²) in [7, 11) is 1.72. The fourth-order valence-corrected chi connectivity index (χ4v) is 3.75. The standard InChI is InChI=1S/C25H22N4O3/c1-29-15-20(22(28-29)19-13-7-11-17-10-5-6-12-18(17)19)25(32)27-21(23(30)24(26)31)14-16-8-3-2-4-9-16/h2-13,15,21H,14H2,1H3,(H2,26,31)(H,27,32). The van der Waals surface area contributed by atoms with E-state index in [1.165, 1.54) is 0 Å². The molecule has 0 radical (unpaired) electrons. The highest BCUT2D eigenvalue weighted by molar-refractivity contribution is 6.38. The smallest absolute Gasteiger partial charge is 0.287 e. The van der Waals surface area contributed by atoms with Crippen LogP contribution in [0.5, 0.6) is 0 Å². The van der Waals surface area contributed by atoms with Crippen LogP contribution in [0.2, 0.25) is 0 Å². The third kappa shape index (κ3) is 4.27. The van der Waals surface area contributed by atoms with Crippen LogP contribution in [0.1, 0.15) is 15.9 Å². The third-order valence-corrected chi connectivity index (χ3v) is 5.27. The van der Waals surface area contributed by atoms with Crippen LogP contribution < -0.4 is 11.1 Å². The molecule has 0 saturated carbocycles. The molecule has 1 unspecified atom stereocenters. The molecule has 2 amide bonds. The minimum Gasteiger partial charge on any atom is -0.363 e. The van der Waals surface area contributed by atoms with Gasteiger partial charge in [0.05, 0.1) is 5.56 Å². The fraction of sp³-hybridized carbons (Fsp3) is 0.120. The molecule has 7 heteroatoms. The summed E-state index contributed by atoms with van der Waals surface area (Å²) in [4.78, 5) is 37.3. The third-order valence-electron chi connectivity index (χ3n) is 5.27. The molecule has 0 aliphatic rings. The molecule has 0 aliphatic heterocycles. The first kappa shape index (κ1) is 21.0. The Morgan fingerprint density at radius 1 is 0.969 bits per heavy atom. The first-order valence-corrected chi connectivity index (χ1v) is 10.1. The van der Waals surface area contributed by atoms with Crippen LogP contribution >= 0.6 is 0 Å². The molecule has 0 saturated heterocycles. The van der Waals surface area contributed by atoms with Gasteiger partial charge in [0.25, 0.3) is 11.8 Å². The number of aryl methyl sites for hydroxylation is 1. The van der Waals surface area contributed by atoms with Crippen molar-refractivity contribution < 1.29 is 14.4 Å². The predicted molar refractivity (Wildman–Crippen MR) is 122 cm³/mol. The molecule has 0 fully saturated rings. The zero-order chi connectivity index (χ0) is 22.7. The van der Waals surface area contributed by atoms with Gasteiger partial charge >= 0.3 is 0 Å². The Morgan fingerprint density at radius 3 is 2.41 bits per heavy atom. The van der Waals surface area contributed by atoms with Gasteiger partial charge in [0.2, 0.25) is 5.78 Å². The monoisotopic (exact) mass is 426 g/mol. The maximum Gasteiger partial charge on any atom is 0.287 e. The maximum absolute atomic E-state index is 13.2. The largest absolute Gasteiger partial charge is 0.363 e. The summed E-state index contributed by atoms with van der Waals surface area (Å²) < 4.78 is 1.55. The number of carbonyl (C=O) groups is 3. The molecule has 0 bridgehead atoms. The van der Waals surface area contributed by atoms with Gasteiger partial charge in [0.1, 0.15) is 11.7 Å². The van der Waals surface area contributed by atoms with Crippen LogP contribution in [0.15, 0.2) is 79.0 Å². The van der Waals surface area contributed by atoms with E-state index < -0.39 is 23.6 Å². The van der Waals surface area contributed by atoms with E-state index in [1.807, 2.05) is 72.8 Å². The van der Waals surface area contributed by atoms with Crippen LogP contribution in [-0.4, -0.2) is 33.4 Å². The van der Waals surface area contributed by atoms with E-state index in [-0.39, 0.29) is 6.42 Å². The topological polar surface area (TPSA) is 107 Å². The minimum absolute atomic E-state index is 0.151. The van der Waals surface area contributed by atoms with Crippen molar-refractivity contribution in [3.63, 3.8) is 0 Å². The Morgan fingerprint density at radius 2 is 1.66 bits per heavy atom. The van der Waals surface area contributed by atoms with E-state index in [0.717, 1.165) is 21.9 Å². The van der Waals surface area contributed by atoms with Gasteiger partial charge in [0.15, 0.2) is 0 Å². The van der Waals surface area contributed by atoms with Crippen LogP contribution in [0.25, 0.3) is 22.0 Å². The van der Waals surface area contributed by atoms with Crippen LogP contribution in [0.3, 0.4) is 0 Å². The number of nitrogens with zero attached hydrogens (tertiary/aromatic N) is 2. The van der Waals surface area contributed by atoms with Crippen molar-refractivity contribution in [2.75, 3.05) is 0 Å². The summed E-state index contributed by atoms with van der Waals surface area (Å²) in [6.45, 7) is 0. The molecule has 1 aromatic heterocycles. The van der Waals surface area contributed by atoms with Crippen molar-refractivity contribution in [3.05, 3.63) is 90.1 Å². The van der Waals surface area contributed by atoms with Gasteiger partial charge in [0, 0.05) is 25.2 Å². The average molecular weight is 426 g/mol. The number of Topliss-reactive ketones (excluding diaryl/α,β-unsaturated/α-hetero) is 1. The number of hydrogen-bond acceptors (Lipinski definition) is 4. The highest BCUT2D eigenvalue weighted by atomic mass is 16.2. The highest BCUT2D eigenvalue weighted by Crippen LogP contribution is 2.30. The number of benzene rings is 3. The predicted octanol–water partition coefficient (Wildman–Crippen LogP) is 2.64. The van der Waals surface area contributed by atoms with Crippen molar-refractivity contribution in [2.45, 2.75) is 12.5 Å². The Bertz CT molecular complexity index is 1310. The molecule has 3 N–H and O–H groups in total. The van der Waals surface area contributed by atoms with Crippen molar-refractivity contribution in [1.29, 1.82) is 0 Å². The van der Waals surface area contributed by atoms with Gasteiger partial charge in [-0.1, -0.05) is 72.8 Å². The van der Waals surface area contributed by atoms with Gasteiger partial charge in [-0.2, -0.15) is 5.10 Å². The Hall–Kier alpha value is -4.26. The molecule has 3 aromatic carbocycles. The molecule has 4 aromatic rings. The quantitative estimate of drug-likeness (QED) is 0.443. The molecule has 160 valence electrons. The maximum atomic E-state index is 13.2. The Balaban J connectivity index is 1.70. The molecule has 1 heterocycles. The number of ketones is 1. The number of carbonyl (C=O) groups excluding carboxylic acids is 3. The number of amides is 2. The van der Waals surface area contributed by atoms with Crippen LogP contribution in [-0.2, 0) is 23.1 Å². The van der Waals surface area contributed by atoms with Gasteiger partial charge < -0.3 is 11.1 Å². The highest BCUT2D eigenvalue weighted by Gasteiger charge is 2.28. The van der Waals surface area contributed by atoms with Crippen molar-refractivity contribution >= 4 is 28.4 Å². The van der Waals surface area contributed by atoms with E-state index in [4.69, 9.17) is 5.73 Å². The zero-order valence-corrected chi connectivity index (χ0v) is 17.5. The lowest BCUT2D eigenvalue weighted by atomic mass is 9.99. The van der Waals surface area contributed by atoms with Gasteiger partial charge in [-0.15, -0.1) is 0 Å². The van der Waals surface area contributed by atoms with Crippen LogP contribution in [0.4, 0.5) is 0 Å². The number of fused-ring (bicyclic) bond motifs is 1. The minimum atomic E-state index is -1.09. The van der Waals surface area contributed by atoms with Gasteiger partial charge in [-0.05, 0) is 16.3 Å². The average Bonchev–Trinajstić information content (AvgIpc) is 3.20. The molecular weight excluding hydrogens is 404 g/mol. The lowest BCUT2D eigenvalue weighted by Gasteiger charge is -2.16. The molecule has 4 rings (SSSR count). The molecule has 32 heavy (non-hydrogen) atoms. The van der Waals surface area contributed by atoms with E-state index in [9.17, 15) is 14.4 Å². The van der Waals surface area contributed by atoms with Crippen molar-refractivity contribution in [1.82, 2.24) is 15.1 Å². The van der Waals surface area contributed by atoms with Gasteiger partial charge in [-0.25, -0.2) is 0 Å². The fourth-order valence-electron chi connectivity index (χ4n) is 3.75. The van der Waals surface area contributed by atoms with E-state index in [0.29, 0.717) is 11.3 Å². The number of primary amides is 1. The SMILES string of the molecule is Cn1cc(C(=O)NC(Cc2ccccc2)C(=O)C(N)=O)c(-c2cccc3ccccc23)n1. The summed E-state index contributed by atoms with van der Waals surface area (Å²) in [6.07, 6.45) is 1.75. The lowest BCUT2D eigenvalue weighted by Crippen LogP contribution is -2.47. The lowest BCUT2D eigenvalue weighted by molar-refractivity contribution is -0.137. The first-order valence-electron chi connectivity index (χ1n) is 10.1. The number of rotatable bonds is 7. The summed E-state index contributed by atoms with van der Waals surface area (Å²) in [6, 6.07) is 21.7. The number of aromatic nitrogens is 2. The van der Waals surface area contributed by atoms with E-state index in [2.05, 4.69) is 10.4 Å². The summed E-state index contributed by atoms with van der Waals surface area (Å²) in [5.41, 5.74) is 7.63. The molecule has 0 spiro atoms.